The Morgan fingerprint density at radius 2 is 1.42 bits per heavy atom. The monoisotopic (exact) mass is 1330 g/mol. The van der Waals surface area contributed by atoms with Crippen LogP contribution in [0.4, 0.5) is 4.79 Å². The second-order valence-corrected chi connectivity index (χ2v) is 26.1. The molecule has 27 heteroatoms. The first-order valence-corrected chi connectivity index (χ1v) is 32.7. The zero-order valence-electron chi connectivity index (χ0n) is 55.3. The Bertz CT molecular complexity index is 2580. The van der Waals surface area contributed by atoms with Gasteiger partial charge in [0.1, 0.15) is 60.7 Å². The minimum absolute atomic E-state index is 0.00992. The zero-order valence-corrected chi connectivity index (χ0v) is 55.3. The lowest BCUT2D eigenvalue weighted by molar-refractivity contribution is -0.362. The van der Waals surface area contributed by atoms with E-state index in [2.05, 4.69) is 0 Å². The molecule has 0 aromatic rings. The van der Waals surface area contributed by atoms with Crippen LogP contribution in [0.3, 0.4) is 0 Å². The van der Waals surface area contributed by atoms with E-state index in [0.29, 0.717) is 51.4 Å². The Morgan fingerprint density at radius 1 is 0.731 bits per heavy atom. The molecule has 0 spiro atoms. The second-order valence-electron chi connectivity index (χ2n) is 26.1. The number of esters is 1. The van der Waals surface area contributed by atoms with E-state index in [0.717, 1.165) is 10.5 Å². The van der Waals surface area contributed by atoms with Crippen LogP contribution in [-0.4, -0.2) is 257 Å². The number of ether oxygens (including phenoxy) is 11. The number of ketones is 3. The van der Waals surface area contributed by atoms with Crippen molar-refractivity contribution >= 4 is 35.4 Å². The van der Waals surface area contributed by atoms with Crippen molar-refractivity contribution in [3.05, 3.63) is 47.6 Å². The van der Waals surface area contributed by atoms with Gasteiger partial charge in [-0.3, -0.25) is 19.2 Å². The highest BCUT2D eigenvalue weighted by atomic mass is 16.8. The van der Waals surface area contributed by atoms with Gasteiger partial charge in [-0.1, -0.05) is 71.1 Å². The second kappa shape index (κ2) is 36.2. The number of rotatable bonds is 15. The van der Waals surface area contributed by atoms with E-state index in [-0.39, 0.29) is 68.6 Å². The van der Waals surface area contributed by atoms with Crippen LogP contribution in [-0.2, 0) is 76.1 Å². The van der Waals surface area contributed by atoms with Gasteiger partial charge in [0, 0.05) is 58.5 Å². The molecular weight excluding hydrogens is 1220 g/mol. The number of piperidine rings is 1. The number of methoxy groups -OCH3 is 3. The highest BCUT2D eigenvalue weighted by Gasteiger charge is 2.55. The Morgan fingerprint density at radius 3 is 2.08 bits per heavy atom. The molecule has 25 atom stereocenters. The van der Waals surface area contributed by atoms with Crippen LogP contribution < -0.4 is 0 Å². The molecule has 27 nitrogen and oxygen atoms in total. The molecule has 9 N–H and O–H groups in total. The quantitative estimate of drug-likeness (QED) is 0.0643. The Labute approximate surface area is 544 Å². The summed E-state index contributed by atoms with van der Waals surface area (Å²) >= 11 is 0. The van der Waals surface area contributed by atoms with Gasteiger partial charge >= 0.3 is 12.1 Å². The van der Waals surface area contributed by atoms with Crippen molar-refractivity contribution in [2.45, 2.75) is 241 Å². The summed E-state index contributed by atoms with van der Waals surface area (Å²) in [5.41, 5.74) is 0.871. The fraction of sp³-hybridized carbons (Fsp3) is 0.788. The first-order chi connectivity index (χ1) is 44.2. The standard InChI is InChI=1S/C66H103NO26/c1-34-16-12-11-13-17-35(2)46(83-8)30-42-21-19-40(7)66(82,93-42)60(78)61(79)67-23-15-14-18-43(67)62(80)87-47(37(4)28-41-20-22-45(86-25-24-68)48(29-41)84-9)31-44(71)36(3)27-39(6)57(58(85-10)51(72)38(5)26-34)91-65(81)92-64-59(55(76)53(74)50(33-70)89-64)90-63-56(77)54(75)52(73)49(32-69)88-63/h11-13,16-17,27,34,36-38,40-43,45-50,52-59,63-64,68-70,73-77,82H,14-15,18-26,28-33H2,1-10H3/b13-11+,16-12+,35-17+,39-27+/t34-,36-,37-,38-,40-,41?,42+,43?,45-,46+,47+,48-,49-,50-,52-,53-,54+,55+,56-,57-,58+,59-,63-,64+,66-/m1/s1. The Balaban J connectivity index is 1.38. The van der Waals surface area contributed by atoms with E-state index >= 15 is 0 Å². The third kappa shape index (κ3) is 19.9. The van der Waals surface area contributed by atoms with Crippen molar-refractivity contribution in [2.24, 2.45) is 35.5 Å². The molecule has 4 saturated heterocycles. The van der Waals surface area contributed by atoms with Crippen molar-refractivity contribution in [1.29, 1.82) is 0 Å². The fourth-order valence-corrected chi connectivity index (χ4v) is 13.5. The first kappa shape index (κ1) is 77.5. The molecule has 93 heavy (non-hydrogen) atoms. The van der Waals surface area contributed by atoms with E-state index in [1.54, 1.807) is 46.1 Å². The van der Waals surface area contributed by atoms with Crippen LogP contribution in [0, 0.1) is 35.5 Å². The number of Topliss-reactive ketones (excluding diaryl/α,β-unsaturated/α-hetero) is 3. The number of amides is 1. The summed E-state index contributed by atoms with van der Waals surface area (Å²) in [5, 5.41) is 95.6. The summed E-state index contributed by atoms with van der Waals surface area (Å²) in [6.07, 6.45) is -12.1. The lowest BCUT2D eigenvalue weighted by atomic mass is 9.78. The average Bonchev–Trinajstić information content (AvgIpc) is 0.789. The number of hydrogen-bond donors (Lipinski definition) is 9. The molecule has 5 aliphatic heterocycles. The number of carbonyl (C=O) groups is 6. The van der Waals surface area contributed by atoms with E-state index in [1.807, 2.05) is 32.9 Å². The molecule has 6 rings (SSSR count). The molecular formula is C66H103NO26. The van der Waals surface area contributed by atoms with E-state index in [4.69, 9.17) is 52.1 Å². The highest BCUT2D eigenvalue weighted by molar-refractivity contribution is 6.39. The molecule has 5 heterocycles. The molecule has 0 aromatic carbocycles. The van der Waals surface area contributed by atoms with Crippen LogP contribution in [0.2, 0.25) is 0 Å². The normalized spacial score (nSPS) is 41.7. The number of carbonyl (C=O) groups excluding carboxylic acids is 6. The van der Waals surface area contributed by atoms with E-state index in [1.165, 1.54) is 27.2 Å². The molecule has 6 aliphatic rings. The summed E-state index contributed by atoms with van der Waals surface area (Å²) in [4.78, 5) is 89.0. The Hall–Kier alpha value is -4.50. The molecule has 1 saturated carbocycles. The molecule has 1 amide bonds. The van der Waals surface area contributed by atoms with Crippen LogP contribution in [0.5, 0.6) is 0 Å². The molecule has 5 fully saturated rings. The predicted molar refractivity (Wildman–Crippen MR) is 328 cm³/mol. The largest absolute Gasteiger partial charge is 0.511 e. The van der Waals surface area contributed by atoms with Crippen LogP contribution in [0.25, 0.3) is 0 Å². The van der Waals surface area contributed by atoms with Gasteiger partial charge in [-0.25, -0.2) is 9.59 Å². The summed E-state index contributed by atoms with van der Waals surface area (Å²) in [6, 6.07) is -1.29. The van der Waals surface area contributed by atoms with Gasteiger partial charge in [0.25, 0.3) is 11.7 Å². The van der Waals surface area contributed by atoms with Crippen LogP contribution in [0.1, 0.15) is 126 Å². The van der Waals surface area contributed by atoms with Crippen molar-refractivity contribution in [3.8, 4) is 0 Å². The Kier molecular flexibility index (Phi) is 30.2. The van der Waals surface area contributed by atoms with Crippen LogP contribution >= 0.6 is 0 Å². The summed E-state index contributed by atoms with van der Waals surface area (Å²) in [7, 11) is 4.31. The summed E-state index contributed by atoms with van der Waals surface area (Å²) < 4.78 is 64.5. The predicted octanol–water partition coefficient (Wildman–Crippen LogP) is 1.98. The number of aliphatic hydroxyl groups is 9. The zero-order chi connectivity index (χ0) is 68.6. The van der Waals surface area contributed by atoms with Gasteiger partial charge < -0.3 is 103 Å². The van der Waals surface area contributed by atoms with Gasteiger partial charge in [-0.2, -0.15) is 0 Å². The van der Waals surface area contributed by atoms with Gasteiger partial charge in [0.05, 0.1) is 50.8 Å². The summed E-state index contributed by atoms with van der Waals surface area (Å²) in [6.45, 7) is 10.0. The number of hydrogen-bond acceptors (Lipinski definition) is 26. The highest BCUT2D eigenvalue weighted by Crippen LogP contribution is 2.39. The number of fused-ring (bicyclic) bond motifs is 3. The van der Waals surface area contributed by atoms with Crippen molar-refractivity contribution in [1.82, 2.24) is 4.90 Å². The van der Waals surface area contributed by atoms with E-state index < -0.39 is 182 Å². The fourth-order valence-electron chi connectivity index (χ4n) is 13.5. The maximum absolute atomic E-state index is 14.9. The molecule has 0 radical (unpaired) electrons. The van der Waals surface area contributed by atoms with Gasteiger partial charge in [0.15, 0.2) is 30.4 Å². The van der Waals surface area contributed by atoms with Crippen molar-refractivity contribution < 1.29 is 127 Å². The molecule has 528 valence electrons. The molecule has 1 aliphatic carbocycles. The SMILES string of the molecule is CO[C@H]1C[C@@H]2CC[C@@H](C)[C@@](O)(O2)C(=O)C(=O)N2CCCCC2C(=O)O[C@H]([C@H](C)CC2CC[C@@H](OCCO)[C@H](OC)C2)CC(=O)[C@H](C)/C=C(\C)[C@@H](OC(=O)O[C@@H]2O[C@H](CO)[C@@H](O)[C@H](O)[C@H]2O[C@H]2O[C@H](CO)[C@@H](O)[C@H](O)[C@H]2O)[C@@H](OC)C(=O)[C@H](C)C[C@H](C)/C=C/C=C/C=C/1C. The minimum atomic E-state index is -2.53. The van der Waals surface area contributed by atoms with Crippen LogP contribution in [0.15, 0.2) is 47.6 Å². The maximum atomic E-state index is 14.9. The number of cyclic esters (lactones) is 1. The topological polar surface area (TPSA) is 389 Å². The molecule has 2 bridgehead atoms. The van der Waals surface area contributed by atoms with Gasteiger partial charge in [-0.15, -0.1) is 0 Å². The van der Waals surface area contributed by atoms with Gasteiger partial charge in [-0.05, 0) is 107 Å². The van der Waals surface area contributed by atoms with E-state index in [9.17, 15) is 74.7 Å². The smallest absolute Gasteiger partial charge is 0.460 e. The number of aliphatic hydroxyl groups excluding tert-OH is 8. The lowest BCUT2D eigenvalue weighted by Crippen LogP contribution is -2.64. The first-order valence-electron chi connectivity index (χ1n) is 32.7. The minimum Gasteiger partial charge on any atom is -0.460 e. The van der Waals surface area contributed by atoms with Crippen molar-refractivity contribution in [2.75, 3.05) is 54.3 Å². The summed E-state index contributed by atoms with van der Waals surface area (Å²) in [5.74, 6) is -10.2. The third-order valence-electron chi connectivity index (χ3n) is 19.2. The number of allylic oxidation sites excluding steroid dienone is 6. The van der Waals surface area contributed by atoms with Crippen molar-refractivity contribution in [3.63, 3.8) is 0 Å². The third-order valence-corrected chi connectivity index (χ3v) is 19.2. The lowest BCUT2D eigenvalue weighted by Gasteiger charge is -2.45. The average molecular weight is 1330 g/mol. The van der Waals surface area contributed by atoms with Gasteiger partial charge in [0.2, 0.25) is 12.1 Å². The molecule has 2 unspecified atom stereocenters. The number of nitrogens with zero attached hydrogens (tertiary/aromatic N) is 1. The maximum Gasteiger partial charge on any atom is 0.511 e. The molecule has 0 aromatic heterocycles.